The van der Waals surface area contributed by atoms with Crippen molar-refractivity contribution in [2.75, 3.05) is 26.7 Å². The SMILES string of the molecule is CCC(OC)C(=O)N1C[C@@H](CN)[C@H](c2ccccc2)C1.Cl. The zero-order chi connectivity index (χ0) is 14.5. The van der Waals surface area contributed by atoms with Gasteiger partial charge >= 0.3 is 0 Å². The lowest BCUT2D eigenvalue weighted by atomic mass is 9.89. The highest BCUT2D eigenvalue weighted by Gasteiger charge is 2.37. The molecule has 1 amide bonds. The Morgan fingerprint density at radius 2 is 2.05 bits per heavy atom. The number of hydrogen-bond donors (Lipinski definition) is 1. The Morgan fingerprint density at radius 1 is 1.38 bits per heavy atom. The lowest BCUT2D eigenvalue weighted by molar-refractivity contribution is -0.141. The van der Waals surface area contributed by atoms with Gasteiger partial charge in [0.05, 0.1) is 0 Å². The van der Waals surface area contributed by atoms with Gasteiger partial charge in [0.15, 0.2) is 0 Å². The van der Waals surface area contributed by atoms with E-state index in [2.05, 4.69) is 12.1 Å². The van der Waals surface area contributed by atoms with Gasteiger partial charge in [0.1, 0.15) is 6.10 Å². The fraction of sp³-hybridized carbons (Fsp3) is 0.562. The van der Waals surface area contributed by atoms with Crippen molar-refractivity contribution in [2.45, 2.75) is 25.4 Å². The van der Waals surface area contributed by atoms with E-state index in [1.165, 1.54) is 5.56 Å². The van der Waals surface area contributed by atoms with Crippen molar-refractivity contribution < 1.29 is 9.53 Å². The smallest absolute Gasteiger partial charge is 0.251 e. The number of likely N-dealkylation sites (tertiary alicyclic amines) is 1. The van der Waals surface area contributed by atoms with Crippen molar-refractivity contribution in [1.82, 2.24) is 4.90 Å². The van der Waals surface area contributed by atoms with E-state index in [4.69, 9.17) is 10.5 Å². The van der Waals surface area contributed by atoms with Gasteiger partial charge in [0.25, 0.3) is 5.91 Å². The molecule has 1 aliphatic rings. The van der Waals surface area contributed by atoms with Crippen molar-refractivity contribution in [3.63, 3.8) is 0 Å². The fourth-order valence-corrected chi connectivity index (χ4v) is 3.01. The van der Waals surface area contributed by atoms with Crippen LogP contribution in [0.5, 0.6) is 0 Å². The van der Waals surface area contributed by atoms with E-state index in [-0.39, 0.29) is 24.4 Å². The summed E-state index contributed by atoms with van der Waals surface area (Å²) in [5, 5.41) is 0. The molecule has 2 rings (SSSR count). The first-order chi connectivity index (χ1) is 9.71. The molecule has 0 bridgehead atoms. The molecule has 4 nitrogen and oxygen atoms in total. The number of hydrogen-bond acceptors (Lipinski definition) is 3. The number of nitrogens with two attached hydrogens (primary N) is 1. The summed E-state index contributed by atoms with van der Waals surface area (Å²) < 4.78 is 5.26. The Morgan fingerprint density at radius 3 is 2.57 bits per heavy atom. The summed E-state index contributed by atoms with van der Waals surface area (Å²) in [4.78, 5) is 14.3. The third-order valence-electron chi connectivity index (χ3n) is 4.21. The Kier molecular flexibility index (Phi) is 7.15. The first-order valence-electron chi connectivity index (χ1n) is 7.27. The lowest BCUT2D eigenvalue weighted by Gasteiger charge is -2.21. The van der Waals surface area contributed by atoms with Crippen LogP contribution in [-0.4, -0.2) is 43.7 Å². The largest absolute Gasteiger partial charge is 0.372 e. The van der Waals surface area contributed by atoms with E-state index >= 15 is 0 Å². The quantitative estimate of drug-likeness (QED) is 0.905. The maximum Gasteiger partial charge on any atom is 0.251 e. The summed E-state index contributed by atoms with van der Waals surface area (Å²) in [6.07, 6.45) is 0.373. The van der Waals surface area contributed by atoms with Crippen LogP contribution in [0.25, 0.3) is 0 Å². The monoisotopic (exact) mass is 312 g/mol. The highest BCUT2D eigenvalue weighted by Crippen LogP contribution is 2.32. The van der Waals surface area contributed by atoms with Crippen molar-refractivity contribution in [3.8, 4) is 0 Å². The summed E-state index contributed by atoms with van der Waals surface area (Å²) >= 11 is 0. The first-order valence-corrected chi connectivity index (χ1v) is 7.27. The molecule has 0 spiro atoms. The minimum atomic E-state index is -0.331. The standard InChI is InChI=1S/C16H24N2O2.ClH/c1-3-15(20-2)16(19)18-10-13(9-17)14(11-18)12-7-5-4-6-8-12;/h4-8,13-15H,3,9-11,17H2,1-2H3;1H/t13-,14+,15?;/m1./s1. The topological polar surface area (TPSA) is 55.6 Å². The molecule has 3 atom stereocenters. The normalized spacial score (nSPS) is 22.7. The van der Waals surface area contributed by atoms with E-state index in [9.17, 15) is 4.79 Å². The minimum Gasteiger partial charge on any atom is -0.372 e. The van der Waals surface area contributed by atoms with Crippen LogP contribution in [0.1, 0.15) is 24.8 Å². The number of amides is 1. The maximum absolute atomic E-state index is 12.4. The van der Waals surface area contributed by atoms with Gasteiger partial charge in [-0.1, -0.05) is 37.3 Å². The first kappa shape index (κ1) is 18.0. The van der Waals surface area contributed by atoms with E-state index in [0.717, 1.165) is 13.1 Å². The van der Waals surface area contributed by atoms with Crippen molar-refractivity contribution >= 4 is 18.3 Å². The second kappa shape index (κ2) is 8.37. The second-order valence-electron chi connectivity index (χ2n) is 5.39. The molecule has 0 aromatic heterocycles. The molecule has 1 aliphatic heterocycles. The molecular weight excluding hydrogens is 288 g/mol. The number of benzene rings is 1. The van der Waals surface area contributed by atoms with Gasteiger partial charge < -0.3 is 15.4 Å². The Hall–Kier alpha value is -1.10. The van der Waals surface area contributed by atoms with Crippen LogP contribution in [-0.2, 0) is 9.53 Å². The van der Waals surface area contributed by atoms with E-state index in [1.54, 1.807) is 7.11 Å². The Bertz CT molecular complexity index is 437. The molecule has 0 saturated carbocycles. The Balaban J connectivity index is 0.00000220. The lowest BCUT2D eigenvalue weighted by Crippen LogP contribution is -2.38. The van der Waals surface area contributed by atoms with Gasteiger partial charge in [-0.3, -0.25) is 4.79 Å². The van der Waals surface area contributed by atoms with Crippen molar-refractivity contribution in [2.24, 2.45) is 11.7 Å². The summed E-state index contributed by atoms with van der Waals surface area (Å²) in [5.41, 5.74) is 7.16. The van der Waals surface area contributed by atoms with Crippen molar-refractivity contribution in [1.29, 1.82) is 0 Å². The van der Waals surface area contributed by atoms with Gasteiger partial charge in [-0.2, -0.15) is 0 Å². The zero-order valence-electron chi connectivity index (χ0n) is 12.7. The number of carbonyl (C=O) groups is 1. The van der Waals surface area contributed by atoms with Gasteiger partial charge in [-0.15, -0.1) is 12.4 Å². The maximum atomic E-state index is 12.4. The van der Waals surface area contributed by atoms with Crippen LogP contribution in [0.2, 0.25) is 0 Å². The molecule has 21 heavy (non-hydrogen) atoms. The average Bonchev–Trinajstić information content (AvgIpc) is 2.93. The van der Waals surface area contributed by atoms with Crippen LogP contribution in [0.3, 0.4) is 0 Å². The molecule has 0 aliphatic carbocycles. The van der Waals surface area contributed by atoms with Gasteiger partial charge in [0.2, 0.25) is 0 Å². The second-order valence-corrected chi connectivity index (χ2v) is 5.39. The number of rotatable bonds is 5. The summed E-state index contributed by atoms with van der Waals surface area (Å²) in [6, 6.07) is 10.3. The molecule has 5 heteroatoms. The molecular formula is C16H25ClN2O2. The molecule has 1 saturated heterocycles. The predicted molar refractivity (Wildman–Crippen MR) is 86.6 cm³/mol. The molecule has 1 unspecified atom stereocenters. The molecule has 1 aromatic rings. The molecule has 0 radical (unpaired) electrons. The van der Waals surface area contributed by atoms with Crippen LogP contribution in [0, 0.1) is 5.92 Å². The van der Waals surface area contributed by atoms with Crippen LogP contribution >= 0.6 is 12.4 Å². The van der Waals surface area contributed by atoms with E-state index < -0.39 is 0 Å². The summed E-state index contributed by atoms with van der Waals surface area (Å²) in [7, 11) is 1.59. The number of halogens is 1. The number of ether oxygens (including phenoxy) is 1. The molecule has 1 aromatic carbocycles. The number of carbonyl (C=O) groups excluding carboxylic acids is 1. The molecule has 1 fully saturated rings. The summed E-state index contributed by atoms with van der Waals surface area (Å²) in [6.45, 7) is 4.05. The Labute approximate surface area is 133 Å². The van der Waals surface area contributed by atoms with Gasteiger partial charge in [-0.05, 0) is 24.4 Å². The fourth-order valence-electron chi connectivity index (χ4n) is 3.01. The highest BCUT2D eigenvalue weighted by atomic mass is 35.5. The van der Waals surface area contributed by atoms with Crippen molar-refractivity contribution in [3.05, 3.63) is 35.9 Å². The van der Waals surface area contributed by atoms with Crippen LogP contribution < -0.4 is 5.73 Å². The zero-order valence-corrected chi connectivity index (χ0v) is 13.5. The van der Waals surface area contributed by atoms with Crippen LogP contribution in [0.15, 0.2) is 30.3 Å². The highest BCUT2D eigenvalue weighted by molar-refractivity contribution is 5.85. The minimum absolute atomic E-state index is 0. The number of nitrogens with zero attached hydrogens (tertiary/aromatic N) is 1. The van der Waals surface area contributed by atoms with Gasteiger partial charge in [0, 0.05) is 26.1 Å². The van der Waals surface area contributed by atoms with E-state index in [1.807, 2.05) is 30.0 Å². The third kappa shape index (κ3) is 3.96. The van der Waals surface area contributed by atoms with Gasteiger partial charge in [-0.25, -0.2) is 0 Å². The number of methoxy groups -OCH3 is 1. The van der Waals surface area contributed by atoms with E-state index in [0.29, 0.717) is 24.8 Å². The molecule has 118 valence electrons. The third-order valence-corrected chi connectivity index (χ3v) is 4.21. The predicted octanol–water partition coefficient (Wildman–Crippen LogP) is 2.03. The van der Waals surface area contributed by atoms with Crippen LogP contribution in [0.4, 0.5) is 0 Å². The molecule has 1 heterocycles. The average molecular weight is 313 g/mol. The molecule has 2 N–H and O–H groups in total. The summed E-state index contributed by atoms with van der Waals surface area (Å²) in [5.74, 6) is 0.752.